The maximum absolute atomic E-state index is 12.1. The quantitative estimate of drug-likeness (QED) is 0.931. The molecular formula is C16H16ClN3O3. The van der Waals surface area contributed by atoms with Gasteiger partial charge in [0.25, 0.3) is 5.56 Å². The van der Waals surface area contributed by atoms with Gasteiger partial charge in [-0.15, -0.1) is 5.10 Å². The van der Waals surface area contributed by atoms with E-state index >= 15 is 0 Å². The minimum atomic E-state index is -0.747. The number of rotatable bonds is 3. The molecule has 1 aliphatic rings. The van der Waals surface area contributed by atoms with Crippen molar-refractivity contribution in [3.63, 3.8) is 0 Å². The summed E-state index contributed by atoms with van der Waals surface area (Å²) in [5, 5.41) is 14.1. The molecule has 1 saturated heterocycles. The van der Waals surface area contributed by atoms with Crippen LogP contribution in [0, 0.1) is 5.92 Å². The average Bonchev–Trinajstić information content (AvgIpc) is 2.56. The summed E-state index contributed by atoms with van der Waals surface area (Å²) in [6.45, 7) is 1.23. The zero-order valence-corrected chi connectivity index (χ0v) is 13.1. The fourth-order valence-corrected chi connectivity index (χ4v) is 2.82. The number of nitrogens with zero attached hydrogens (tertiary/aromatic N) is 3. The molecule has 0 saturated carbocycles. The van der Waals surface area contributed by atoms with E-state index in [-0.39, 0.29) is 11.5 Å². The zero-order chi connectivity index (χ0) is 16.4. The Morgan fingerprint density at radius 1 is 1.13 bits per heavy atom. The number of anilines is 1. The molecule has 6 nitrogen and oxygen atoms in total. The lowest BCUT2D eigenvalue weighted by molar-refractivity contribution is -0.142. The highest BCUT2D eigenvalue weighted by Gasteiger charge is 2.25. The summed E-state index contributed by atoms with van der Waals surface area (Å²) in [4.78, 5) is 25.1. The first-order chi connectivity index (χ1) is 11.0. The third-order valence-corrected chi connectivity index (χ3v) is 4.28. The van der Waals surface area contributed by atoms with Crippen LogP contribution in [0.2, 0.25) is 5.02 Å². The second-order valence-corrected chi connectivity index (χ2v) is 5.95. The molecule has 1 aromatic heterocycles. The lowest BCUT2D eigenvalue weighted by Gasteiger charge is -2.31. The lowest BCUT2D eigenvalue weighted by Crippen LogP contribution is -2.37. The molecule has 0 atom stereocenters. The Kier molecular flexibility index (Phi) is 4.34. The number of carboxylic acid groups (broad SMARTS) is 1. The molecule has 2 aromatic rings. The van der Waals surface area contributed by atoms with Gasteiger partial charge in [0, 0.05) is 24.2 Å². The summed E-state index contributed by atoms with van der Waals surface area (Å²) in [5.41, 5.74) is 0.415. The lowest BCUT2D eigenvalue weighted by atomic mass is 9.97. The van der Waals surface area contributed by atoms with Crippen molar-refractivity contribution in [2.45, 2.75) is 12.8 Å². The summed E-state index contributed by atoms with van der Waals surface area (Å²) >= 11 is 5.87. The van der Waals surface area contributed by atoms with Gasteiger partial charge in [-0.3, -0.25) is 9.59 Å². The van der Waals surface area contributed by atoms with Gasteiger partial charge in [-0.2, -0.15) is 4.68 Å². The van der Waals surface area contributed by atoms with Gasteiger partial charge in [-0.05, 0) is 43.2 Å². The van der Waals surface area contributed by atoms with E-state index in [0.717, 1.165) is 0 Å². The Morgan fingerprint density at radius 2 is 1.78 bits per heavy atom. The maximum Gasteiger partial charge on any atom is 0.306 e. The van der Waals surface area contributed by atoms with Gasteiger partial charge < -0.3 is 10.0 Å². The van der Waals surface area contributed by atoms with Crippen LogP contribution in [0.3, 0.4) is 0 Å². The molecule has 0 radical (unpaired) electrons. The molecule has 1 N–H and O–H groups in total. The first-order valence-corrected chi connectivity index (χ1v) is 7.76. The molecule has 3 rings (SSSR count). The van der Waals surface area contributed by atoms with E-state index < -0.39 is 5.97 Å². The number of piperidine rings is 1. The molecule has 7 heteroatoms. The van der Waals surface area contributed by atoms with Crippen LogP contribution >= 0.6 is 11.6 Å². The highest BCUT2D eigenvalue weighted by Crippen LogP contribution is 2.21. The van der Waals surface area contributed by atoms with E-state index in [1.165, 1.54) is 10.7 Å². The fourth-order valence-electron chi connectivity index (χ4n) is 2.69. The maximum atomic E-state index is 12.1. The van der Waals surface area contributed by atoms with Crippen molar-refractivity contribution in [3.8, 4) is 5.69 Å². The Bertz CT molecular complexity index is 765. The van der Waals surface area contributed by atoms with Gasteiger partial charge in [0.1, 0.15) is 5.82 Å². The van der Waals surface area contributed by atoms with Crippen LogP contribution in [-0.2, 0) is 4.79 Å². The number of aromatic nitrogens is 2. The first kappa shape index (κ1) is 15.6. The number of aliphatic carboxylic acids is 1. The molecule has 0 spiro atoms. The normalized spacial score (nSPS) is 15.6. The van der Waals surface area contributed by atoms with Crippen molar-refractivity contribution in [2.24, 2.45) is 5.92 Å². The highest BCUT2D eigenvalue weighted by molar-refractivity contribution is 6.30. The highest BCUT2D eigenvalue weighted by atomic mass is 35.5. The molecule has 23 heavy (non-hydrogen) atoms. The van der Waals surface area contributed by atoms with E-state index in [2.05, 4.69) is 5.10 Å². The van der Waals surface area contributed by atoms with Gasteiger partial charge in [-0.25, -0.2) is 0 Å². The second kappa shape index (κ2) is 6.42. The summed E-state index contributed by atoms with van der Waals surface area (Å²) < 4.78 is 1.33. The van der Waals surface area contributed by atoms with E-state index in [4.69, 9.17) is 16.7 Å². The molecule has 1 aromatic carbocycles. The predicted octanol–water partition coefficient (Wildman–Crippen LogP) is 2.19. The van der Waals surface area contributed by atoms with Crippen LogP contribution in [0.1, 0.15) is 12.8 Å². The standard InChI is InChI=1S/C16H16ClN3O3/c17-12-1-3-13(4-2-12)20-15(21)6-5-14(18-20)19-9-7-11(8-10-19)16(22)23/h1-6,11H,7-10H2,(H,22,23). The SMILES string of the molecule is O=C(O)C1CCN(c2ccc(=O)n(-c3ccc(Cl)cc3)n2)CC1. The number of hydrogen-bond donors (Lipinski definition) is 1. The van der Waals surface area contributed by atoms with Crippen molar-refractivity contribution in [3.05, 3.63) is 51.8 Å². The second-order valence-electron chi connectivity index (χ2n) is 5.52. The number of carboxylic acids is 1. The van der Waals surface area contributed by atoms with E-state index in [1.807, 2.05) is 4.90 Å². The number of carbonyl (C=O) groups is 1. The topological polar surface area (TPSA) is 75.4 Å². The number of hydrogen-bond acceptors (Lipinski definition) is 4. The Balaban J connectivity index is 1.85. The smallest absolute Gasteiger partial charge is 0.306 e. The van der Waals surface area contributed by atoms with E-state index in [9.17, 15) is 9.59 Å². The minimum absolute atomic E-state index is 0.225. The largest absolute Gasteiger partial charge is 0.481 e. The molecule has 1 fully saturated rings. The summed E-state index contributed by atoms with van der Waals surface area (Å²) in [7, 11) is 0. The predicted molar refractivity (Wildman–Crippen MR) is 87.4 cm³/mol. The third kappa shape index (κ3) is 3.37. The van der Waals surface area contributed by atoms with Gasteiger partial charge >= 0.3 is 5.97 Å². The van der Waals surface area contributed by atoms with Crippen LogP contribution in [0.5, 0.6) is 0 Å². The zero-order valence-electron chi connectivity index (χ0n) is 12.4. The molecule has 0 unspecified atom stereocenters. The first-order valence-electron chi connectivity index (χ1n) is 7.38. The Hall–Kier alpha value is -2.34. The molecule has 120 valence electrons. The molecule has 0 amide bonds. The third-order valence-electron chi connectivity index (χ3n) is 4.03. The van der Waals surface area contributed by atoms with Crippen molar-refractivity contribution in [1.82, 2.24) is 9.78 Å². The minimum Gasteiger partial charge on any atom is -0.481 e. The molecule has 1 aliphatic heterocycles. The van der Waals surface area contributed by atoms with Crippen LogP contribution in [0.15, 0.2) is 41.2 Å². The molecular weight excluding hydrogens is 318 g/mol. The Morgan fingerprint density at radius 3 is 2.39 bits per heavy atom. The van der Waals surface area contributed by atoms with Crippen LogP contribution in [-0.4, -0.2) is 33.9 Å². The van der Waals surface area contributed by atoms with E-state index in [1.54, 1.807) is 30.3 Å². The van der Waals surface area contributed by atoms with Gasteiger partial charge in [-0.1, -0.05) is 11.6 Å². The average molecular weight is 334 g/mol. The van der Waals surface area contributed by atoms with Crippen LogP contribution < -0.4 is 10.5 Å². The molecule has 0 bridgehead atoms. The van der Waals surface area contributed by atoms with Gasteiger partial charge in [0.15, 0.2) is 0 Å². The van der Waals surface area contributed by atoms with Gasteiger partial charge in [0.2, 0.25) is 0 Å². The molecule has 0 aliphatic carbocycles. The van der Waals surface area contributed by atoms with Crippen molar-refractivity contribution in [2.75, 3.05) is 18.0 Å². The van der Waals surface area contributed by atoms with E-state index in [0.29, 0.717) is 42.5 Å². The van der Waals surface area contributed by atoms with Crippen molar-refractivity contribution in [1.29, 1.82) is 0 Å². The number of halogens is 1. The summed E-state index contributed by atoms with van der Waals surface area (Å²) in [6, 6.07) is 10.0. The number of benzene rings is 1. The van der Waals surface area contributed by atoms with Crippen molar-refractivity contribution >= 4 is 23.4 Å². The molecule has 2 heterocycles. The van der Waals surface area contributed by atoms with Gasteiger partial charge in [0.05, 0.1) is 11.6 Å². The van der Waals surface area contributed by atoms with Crippen molar-refractivity contribution < 1.29 is 9.90 Å². The Labute approximate surface area is 137 Å². The monoisotopic (exact) mass is 333 g/mol. The summed E-state index contributed by atoms with van der Waals surface area (Å²) in [5.74, 6) is -0.374. The fraction of sp³-hybridized carbons (Fsp3) is 0.312. The van der Waals surface area contributed by atoms with Crippen LogP contribution in [0.25, 0.3) is 5.69 Å². The summed E-state index contributed by atoms with van der Waals surface area (Å²) in [6.07, 6.45) is 1.16. The van der Waals surface area contributed by atoms with Crippen LogP contribution in [0.4, 0.5) is 5.82 Å².